The molecule has 5 nitrogen and oxygen atoms in total. The summed E-state index contributed by atoms with van der Waals surface area (Å²) in [5.41, 5.74) is 1.51. The maximum Gasteiger partial charge on any atom is 0.418 e. The van der Waals surface area contributed by atoms with Gasteiger partial charge in [-0.3, -0.25) is 14.5 Å². The van der Waals surface area contributed by atoms with Crippen molar-refractivity contribution in [2.24, 2.45) is 5.92 Å². The summed E-state index contributed by atoms with van der Waals surface area (Å²) in [6.07, 6.45) is -4.65. The van der Waals surface area contributed by atoms with E-state index in [1.165, 1.54) is 0 Å². The maximum absolute atomic E-state index is 13.7. The van der Waals surface area contributed by atoms with Crippen molar-refractivity contribution in [3.8, 4) is 11.1 Å². The number of alkyl halides is 3. The van der Waals surface area contributed by atoms with Crippen LogP contribution in [0.15, 0.2) is 72.8 Å². The van der Waals surface area contributed by atoms with E-state index in [2.05, 4.69) is 5.32 Å². The van der Waals surface area contributed by atoms with Crippen molar-refractivity contribution in [2.45, 2.75) is 19.5 Å². The average molecular weight is 511 g/mol. The Morgan fingerprint density at radius 3 is 2.24 bits per heavy atom. The Morgan fingerprint density at radius 2 is 1.59 bits per heavy atom. The molecule has 1 amide bonds. The number of carbonyl (C=O) groups excluding carboxylic acids is 2. The number of nitrogens with one attached hydrogen (secondary N) is 1. The minimum Gasteiger partial charge on any atom is -0.379 e. The molecule has 3 aromatic rings. The number of ether oxygens (including phenoxy) is 1. The highest BCUT2D eigenvalue weighted by Gasteiger charge is 2.35. The third-order valence-electron chi connectivity index (χ3n) is 6.41. The van der Waals surface area contributed by atoms with E-state index in [0.29, 0.717) is 32.8 Å². The molecular formula is C29H29F3N2O3. The monoisotopic (exact) mass is 510 g/mol. The number of morpholine rings is 1. The van der Waals surface area contributed by atoms with Gasteiger partial charge in [-0.05, 0) is 28.8 Å². The van der Waals surface area contributed by atoms with Gasteiger partial charge in [-0.25, -0.2) is 0 Å². The molecule has 1 N–H and O–H groups in total. The summed E-state index contributed by atoms with van der Waals surface area (Å²) >= 11 is 0. The van der Waals surface area contributed by atoms with Crippen LogP contribution < -0.4 is 5.32 Å². The second-order valence-electron chi connectivity index (χ2n) is 9.22. The molecule has 1 saturated heterocycles. The number of amides is 1. The number of ketones is 1. The highest BCUT2D eigenvalue weighted by molar-refractivity contribution is 6.00. The minimum atomic E-state index is -4.68. The summed E-state index contributed by atoms with van der Waals surface area (Å²) < 4.78 is 46.3. The van der Waals surface area contributed by atoms with E-state index < -0.39 is 29.3 Å². The third kappa shape index (κ3) is 7.05. The topological polar surface area (TPSA) is 58.6 Å². The lowest BCUT2D eigenvalue weighted by Crippen LogP contribution is -2.41. The molecule has 0 spiro atoms. The number of Topliss-reactive ketones (excluding diaryl/α,β-unsaturated/α-hetero) is 1. The van der Waals surface area contributed by atoms with Crippen LogP contribution in [0.5, 0.6) is 0 Å². The molecule has 4 rings (SSSR count). The quantitative estimate of drug-likeness (QED) is 0.395. The maximum atomic E-state index is 13.7. The summed E-state index contributed by atoms with van der Waals surface area (Å²) in [7, 11) is 0. The summed E-state index contributed by atoms with van der Waals surface area (Å²) in [5.74, 6) is -1.40. The number of benzene rings is 3. The van der Waals surface area contributed by atoms with Crippen LogP contribution in [-0.4, -0.2) is 49.4 Å². The van der Waals surface area contributed by atoms with Gasteiger partial charge in [0.05, 0.1) is 24.5 Å². The lowest BCUT2D eigenvalue weighted by molar-refractivity contribution is -0.137. The SMILES string of the molecule is CC(CN1CCOCC1)C(=O)Nc1cc(C(=O)Cc2ccc(-c3ccccc3)cc2)ccc1C(F)(F)F. The van der Waals surface area contributed by atoms with E-state index in [9.17, 15) is 22.8 Å². The highest BCUT2D eigenvalue weighted by Crippen LogP contribution is 2.36. The molecule has 37 heavy (non-hydrogen) atoms. The van der Waals surface area contributed by atoms with Crippen LogP contribution in [-0.2, 0) is 22.1 Å². The second-order valence-corrected chi connectivity index (χ2v) is 9.22. The molecule has 3 aromatic carbocycles. The minimum absolute atomic E-state index is 0.0290. The van der Waals surface area contributed by atoms with E-state index in [1.807, 2.05) is 59.5 Å². The molecule has 1 atom stereocenters. The lowest BCUT2D eigenvalue weighted by Gasteiger charge is -2.28. The van der Waals surface area contributed by atoms with Gasteiger partial charge in [0.2, 0.25) is 5.91 Å². The number of halogens is 3. The van der Waals surface area contributed by atoms with Crippen LogP contribution in [0.4, 0.5) is 18.9 Å². The van der Waals surface area contributed by atoms with Gasteiger partial charge < -0.3 is 10.1 Å². The van der Waals surface area contributed by atoms with Crippen molar-refractivity contribution in [3.05, 3.63) is 89.5 Å². The van der Waals surface area contributed by atoms with Crippen LogP contribution >= 0.6 is 0 Å². The Morgan fingerprint density at radius 1 is 0.946 bits per heavy atom. The summed E-state index contributed by atoms with van der Waals surface area (Å²) in [6.45, 7) is 4.54. The smallest absolute Gasteiger partial charge is 0.379 e. The van der Waals surface area contributed by atoms with Crippen molar-refractivity contribution >= 4 is 17.4 Å². The number of nitrogens with zero attached hydrogens (tertiary/aromatic N) is 1. The normalized spacial score (nSPS) is 15.2. The first-order valence-corrected chi connectivity index (χ1v) is 12.2. The van der Waals surface area contributed by atoms with Gasteiger partial charge in [-0.1, -0.05) is 67.6 Å². The second kappa shape index (κ2) is 11.7. The molecule has 0 aliphatic carbocycles. The lowest BCUT2D eigenvalue weighted by atomic mass is 9.98. The number of hydrogen-bond acceptors (Lipinski definition) is 4. The molecule has 1 aliphatic heterocycles. The number of rotatable bonds is 8. The zero-order valence-electron chi connectivity index (χ0n) is 20.6. The van der Waals surface area contributed by atoms with E-state index in [-0.39, 0.29) is 17.8 Å². The van der Waals surface area contributed by atoms with Gasteiger partial charge in [-0.15, -0.1) is 0 Å². The Kier molecular flexibility index (Phi) is 8.41. The van der Waals surface area contributed by atoms with E-state index in [0.717, 1.165) is 34.9 Å². The first-order chi connectivity index (χ1) is 17.7. The molecular weight excluding hydrogens is 481 g/mol. The Hall–Kier alpha value is -3.49. The summed E-state index contributed by atoms with van der Waals surface area (Å²) in [4.78, 5) is 27.8. The zero-order chi connectivity index (χ0) is 26.4. The third-order valence-corrected chi connectivity index (χ3v) is 6.41. The fraction of sp³-hybridized carbons (Fsp3) is 0.310. The molecule has 1 unspecified atom stereocenters. The van der Waals surface area contributed by atoms with Crippen molar-refractivity contribution < 1.29 is 27.5 Å². The van der Waals surface area contributed by atoms with Gasteiger partial charge in [0.15, 0.2) is 5.78 Å². The summed E-state index contributed by atoms with van der Waals surface area (Å²) in [5, 5.41) is 2.42. The van der Waals surface area contributed by atoms with E-state index in [1.54, 1.807) is 6.92 Å². The largest absolute Gasteiger partial charge is 0.418 e. The van der Waals surface area contributed by atoms with Crippen molar-refractivity contribution in [1.29, 1.82) is 0 Å². The molecule has 0 saturated carbocycles. The van der Waals surface area contributed by atoms with Gasteiger partial charge in [0.25, 0.3) is 0 Å². The Balaban J connectivity index is 1.48. The molecule has 0 bridgehead atoms. The van der Waals surface area contributed by atoms with Crippen LogP contribution in [0.25, 0.3) is 11.1 Å². The van der Waals surface area contributed by atoms with Gasteiger partial charge in [0, 0.05) is 37.5 Å². The van der Waals surface area contributed by atoms with Gasteiger partial charge >= 0.3 is 6.18 Å². The van der Waals surface area contributed by atoms with Crippen LogP contribution in [0.3, 0.4) is 0 Å². The standard InChI is InChI=1S/C29H29F3N2O3/c1-20(19-34-13-15-37-16-14-34)28(36)33-26-18-24(11-12-25(26)29(30,31)32)27(35)17-21-7-9-23(10-8-21)22-5-3-2-4-6-22/h2-12,18,20H,13-17,19H2,1H3,(H,33,36). The van der Waals surface area contributed by atoms with Crippen LogP contribution in [0.1, 0.15) is 28.4 Å². The molecule has 1 fully saturated rings. The highest BCUT2D eigenvalue weighted by atomic mass is 19.4. The predicted molar refractivity (Wildman–Crippen MR) is 136 cm³/mol. The van der Waals surface area contributed by atoms with Gasteiger partial charge in [0.1, 0.15) is 0 Å². The fourth-order valence-electron chi connectivity index (χ4n) is 4.31. The first kappa shape index (κ1) is 26.6. The van der Waals surface area contributed by atoms with Crippen molar-refractivity contribution in [2.75, 3.05) is 38.2 Å². The number of carbonyl (C=O) groups is 2. The number of anilines is 1. The molecule has 1 heterocycles. The summed E-state index contributed by atoms with van der Waals surface area (Å²) in [6, 6.07) is 20.4. The molecule has 8 heteroatoms. The zero-order valence-corrected chi connectivity index (χ0v) is 20.6. The van der Waals surface area contributed by atoms with E-state index in [4.69, 9.17) is 4.74 Å². The number of hydrogen-bond donors (Lipinski definition) is 1. The van der Waals surface area contributed by atoms with Crippen molar-refractivity contribution in [1.82, 2.24) is 4.90 Å². The molecule has 0 radical (unpaired) electrons. The Labute approximate surface area is 214 Å². The molecule has 0 aromatic heterocycles. The van der Waals surface area contributed by atoms with E-state index >= 15 is 0 Å². The Bertz CT molecular complexity index is 1220. The average Bonchev–Trinajstić information content (AvgIpc) is 2.89. The van der Waals surface area contributed by atoms with Crippen molar-refractivity contribution in [3.63, 3.8) is 0 Å². The van der Waals surface area contributed by atoms with Crippen LogP contribution in [0.2, 0.25) is 0 Å². The first-order valence-electron chi connectivity index (χ1n) is 12.2. The molecule has 194 valence electrons. The van der Waals surface area contributed by atoms with Gasteiger partial charge in [-0.2, -0.15) is 13.2 Å². The predicted octanol–water partition coefficient (Wildman–Crippen LogP) is 5.70. The fourth-order valence-corrected chi connectivity index (χ4v) is 4.31. The molecule has 1 aliphatic rings. The van der Waals surface area contributed by atoms with Crippen LogP contribution in [0, 0.1) is 5.92 Å².